The molecular weight excluding hydrogens is 254 g/mol. The smallest absolute Gasteiger partial charge is 0.141 e. The second-order valence-corrected chi connectivity index (χ2v) is 4.47. The number of nitrogens with one attached hydrogen (secondary N) is 1. The van der Waals surface area contributed by atoms with Crippen LogP contribution in [-0.4, -0.2) is 15.0 Å². The molecule has 0 aliphatic rings. The predicted octanol–water partition coefficient (Wildman–Crippen LogP) is 3.18. The maximum Gasteiger partial charge on any atom is 0.141 e. The van der Waals surface area contributed by atoms with E-state index in [1.165, 1.54) is 5.56 Å². The Kier molecular flexibility index (Phi) is 1.79. The monoisotopic (exact) mass is 261 g/mol. The Morgan fingerprint density at radius 3 is 3.00 bits per heavy atom. The van der Waals surface area contributed by atoms with Gasteiger partial charge in [0.25, 0.3) is 0 Å². The van der Waals surface area contributed by atoms with Gasteiger partial charge in [-0.3, -0.25) is 0 Å². The fraction of sp³-hybridized carbons (Fsp3) is 0.0909. The van der Waals surface area contributed by atoms with Gasteiger partial charge in [0, 0.05) is 21.4 Å². The van der Waals surface area contributed by atoms with E-state index in [0.717, 1.165) is 26.4 Å². The number of aromatic nitrogens is 3. The van der Waals surface area contributed by atoms with Crippen LogP contribution in [0.5, 0.6) is 0 Å². The van der Waals surface area contributed by atoms with Crippen molar-refractivity contribution in [2.45, 2.75) is 6.92 Å². The highest BCUT2D eigenvalue weighted by atomic mass is 79.9. The first-order valence-electron chi connectivity index (χ1n) is 4.63. The molecule has 0 amide bonds. The van der Waals surface area contributed by atoms with Crippen molar-refractivity contribution in [3.05, 3.63) is 34.7 Å². The molecule has 2 aromatic heterocycles. The zero-order chi connectivity index (χ0) is 10.4. The second-order valence-electron chi connectivity index (χ2n) is 3.56. The number of aromatic amines is 1. The zero-order valence-corrected chi connectivity index (χ0v) is 9.67. The molecular formula is C11H8BrN3. The standard InChI is InChI=1S/C11H8BrN3/c1-6-2-7(12)3-8-9-4-13-5-14-11(9)15-10(6)8/h2-5H,1H3,(H,13,14,15). The highest BCUT2D eigenvalue weighted by Gasteiger charge is 2.07. The average molecular weight is 262 g/mol. The Morgan fingerprint density at radius 2 is 2.13 bits per heavy atom. The van der Waals surface area contributed by atoms with Gasteiger partial charge in [0.15, 0.2) is 0 Å². The van der Waals surface area contributed by atoms with Crippen LogP contribution in [0.3, 0.4) is 0 Å². The SMILES string of the molecule is Cc1cc(Br)cc2c1[nH]c1ncncc12. The zero-order valence-electron chi connectivity index (χ0n) is 8.08. The number of benzene rings is 1. The molecule has 1 N–H and O–H groups in total. The molecule has 0 fully saturated rings. The summed E-state index contributed by atoms with van der Waals surface area (Å²) in [6, 6.07) is 4.18. The van der Waals surface area contributed by atoms with Crippen LogP contribution in [-0.2, 0) is 0 Å². The molecule has 0 aliphatic carbocycles. The molecule has 0 aliphatic heterocycles. The quantitative estimate of drug-likeness (QED) is 0.676. The molecule has 3 rings (SSSR count). The maximum absolute atomic E-state index is 4.21. The molecule has 15 heavy (non-hydrogen) atoms. The highest BCUT2D eigenvalue weighted by Crippen LogP contribution is 2.28. The average Bonchev–Trinajstić information content (AvgIpc) is 2.57. The Bertz CT molecular complexity index is 657. The van der Waals surface area contributed by atoms with Crippen LogP contribution in [0, 0.1) is 6.92 Å². The van der Waals surface area contributed by atoms with E-state index < -0.39 is 0 Å². The van der Waals surface area contributed by atoms with Crippen molar-refractivity contribution in [3.8, 4) is 0 Å². The molecule has 3 aromatic rings. The lowest BCUT2D eigenvalue weighted by atomic mass is 10.1. The lowest BCUT2D eigenvalue weighted by molar-refractivity contribution is 1.20. The third kappa shape index (κ3) is 1.25. The van der Waals surface area contributed by atoms with E-state index in [2.05, 4.69) is 49.9 Å². The summed E-state index contributed by atoms with van der Waals surface area (Å²) in [6.45, 7) is 2.08. The molecule has 0 atom stereocenters. The van der Waals surface area contributed by atoms with Gasteiger partial charge in [0.05, 0.1) is 5.52 Å². The van der Waals surface area contributed by atoms with Crippen LogP contribution in [0.1, 0.15) is 5.56 Å². The van der Waals surface area contributed by atoms with Gasteiger partial charge in [0.2, 0.25) is 0 Å². The number of rotatable bonds is 0. The van der Waals surface area contributed by atoms with Crippen molar-refractivity contribution >= 4 is 37.9 Å². The van der Waals surface area contributed by atoms with Gasteiger partial charge in [0.1, 0.15) is 12.0 Å². The number of hydrogen-bond acceptors (Lipinski definition) is 2. The number of hydrogen-bond donors (Lipinski definition) is 1. The Labute approximate surface area is 94.7 Å². The van der Waals surface area contributed by atoms with Gasteiger partial charge in [-0.25, -0.2) is 9.97 Å². The summed E-state index contributed by atoms with van der Waals surface area (Å²) >= 11 is 3.50. The van der Waals surface area contributed by atoms with E-state index >= 15 is 0 Å². The summed E-state index contributed by atoms with van der Waals surface area (Å²) in [7, 11) is 0. The maximum atomic E-state index is 4.21. The van der Waals surface area contributed by atoms with Gasteiger partial charge in [-0.2, -0.15) is 0 Å². The number of H-pyrrole nitrogens is 1. The fourth-order valence-corrected chi connectivity index (χ4v) is 2.44. The third-order valence-corrected chi connectivity index (χ3v) is 3.00. The third-order valence-electron chi connectivity index (χ3n) is 2.55. The molecule has 0 unspecified atom stereocenters. The first kappa shape index (κ1) is 8.85. The predicted molar refractivity (Wildman–Crippen MR) is 63.8 cm³/mol. The van der Waals surface area contributed by atoms with Crippen LogP contribution in [0.4, 0.5) is 0 Å². The Hall–Kier alpha value is -1.42. The fourth-order valence-electron chi connectivity index (χ4n) is 1.87. The number of fused-ring (bicyclic) bond motifs is 3. The summed E-state index contributed by atoms with van der Waals surface area (Å²) < 4.78 is 1.08. The van der Waals surface area contributed by atoms with Crippen molar-refractivity contribution in [3.63, 3.8) is 0 Å². The molecule has 4 heteroatoms. The molecule has 0 saturated carbocycles. The molecule has 3 nitrogen and oxygen atoms in total. The van der Waals surface area contributed by atoms with Crippen LogP contribution < -0.4 is 0 Å². The van der Waals surface area contributed by atoms with Crippen LogP contribution in [0.15, 0.2) is 29.1 Å². The van der Waals surface area contributed by atoms with Crippen LogP contribution in [0.25, 0.3) is 21.9 Å². The highest BCUT2D eigenvalue weighted by molar-refractivity contribution is 9.10. The second kappa shape index (κ2) is 3.03. The minimum atomic E-state index is 0.890. The first-order valence-corrected chi connectivity index (χ1v) is 5.42. The first-order chi connectivity index (χ1) is 7.25. The van der Waals surface area contributed by atoms with Crippen molar-refractivity contribution in [1.82, 2.24) is 15.0 Å². The minimum Gasteiger partial charge on any atom is -0.339 e. The molecule has 0 saturated heterocycles. The van der Waals surface area contributed by atoms with Crippen molar-refractivity contribution in [2.75, 3.05) is 0 Å². The van der Waals surface area contributed by atoms with E-state index in [1.807, 2.05) is 6.20 Å². The molecule has 0 radical (unpaired) electrons. The lowest BCUT2D eigenvalue weighted by Gasteiger charge is -1.97. The van der Waals surface area contributed by atoms with E-state index in [4.69, 9.17) is 0 Å². The molecule has 0 spiro atoms. The van der Waals surface area contributed by atoms with E-state index in [1.54, 1.807) is 6.33 Å². The van der Waals surface area contributed by atoms with E-state index in [0.29, 0.717) is 0 Å². The van der Waals surface area contributed by atoms with Crippen LogP contribution in [0.2, 0.25) is 0 Å². The van der Waals surface area contributed by atoms with Crippen molar-refractivity contribution < 1.29 is 0 Å². The van der Waals surface area contributed by atoms with Gasteiger partial charge in [-0.05, 0) is 24.6 Å². The summed E-state index contributed by atoms with van der Waals surface area (Å²) in [6.07, 6.45) is 3.40. The number of nitrogens with zero attached hydrogens (tertiary/aromatic N) is 2. The summed E-state index contributed by atoms with van der Waals surface area (Å²) in [5.74, 6) is 0. The molecule has 2 heterocycles. The molecule has 74 valence electrons. The number of halogens is 1. The van der Waals surface area contributed by atoms with E-state index in [-0.39, 0.29) is 0 Å². The largest absolute Gasteiger partial charge is 0.339 e. The van der Waals surface area contributed by atoms with Crippen LogP contribution >= 0.6 is 15.9 Å². The lowest BCUT2D eigenvalue weighted by Crippen LogP contribution is -1.76. The Morgan fingerprint density at radius 1 is 1.27 bits per heavy atom. The van der Waals surface area contributed by atoms with E-state index in [9.17, 15) is 0 Å². The Balaban J connectivity index is 2.61. The summed E-state index contributed by atoms with van der Waals surface area (Å²) in [4.78, 5) is 11.6. The van der Waals surface area contributed by atoms with Crippen molar-refractivity contribution in [2.24, 2.45) is 0 Å². The van der Waals surface area contributed by atoms with Crippen molar-refractivity contribution in [1.29, 1.82) is 0 Å². The summed E-state index contributed by atoms with van der Waals surface area (Å²) in [5, 5.41) is 2.23. The van der Waals surface area contributed by atoms with Gasteiger partial charge in [-0.1, -0.05) is 15.9 Å². The number of aryl methyl sites for hydroxylation is 1. The summed E-state index contributed by atoms with van der Waals surface area (Å²) in [5.41, 5.74) is 3.23. The molecule has 1 aromatic carbocycles. The van der Waals surface area contributed by atoms with Gasteiger partial charge >= 0.3 is 0 Å². The minimum absolute atomic E-state index is 0.890. The topological polar surface area (TPSA) is 41.6 Å². The normalized spacial score (nSPS) is 11.3. The van der Waals surface area contributed by atoms with Gasteiger partial charge in [-0.15, -0.1) is 0 Å². The van der Waals surface area contributed by atoms with Gasteiger partial charge < -0.3 is 4.98 Å². The molecule has 0 bridgehead atoms.